The number of hydrogen-bond donors (Lipinski definition) is 3. The van der Waals surface area contributed by atoms with Crippen LogP contribution in [-0.4, -0.2) is 57.6 Å². The van der Waals surface area contributed by atoms with Gasteiger partial charge in [0, 0.05) is 23.5 Å². The van der Waals surface area contributed by atoms with Gasteiger partial charge in [0.15, 0.2) is 0 Å². The standard InChI is InChI=1S/C46H50O9/c1-2-3-4-5-15-24-35-27-36(51-29-32-18-9-6-10-19-32)28-37(38(35)42(47)48)54-43-40(53-31-34-22-13-8-14-23-34)39(52-30-33-20-11-7-12-21-33)41(55-43)46(50)44(49)45(46)25-16-17-26-45/h6-14,18-23,27-28,39-41,43-44,49-50H,2-5,16-17,25-26,29-31H2,1H3,(H,47,48)/t39-,40-,41-,43?,44?,46+/m0/s1. The van der Waals surface area contributed by atoms with Gasteiger partial charge < -0.3 is 39.0 Å². The van der Waals surface area contributed by atoms with Gasteiger partial charge in [-0.25, -0.2) is 4.79 Å². The summed E-state index contributed by atoms with van der Waals surface area (Å²) >= 11 is 0. The lowest BCUT2D eigenvalue weighted by atomic mass is 9.92. The first kappa shape index (κ1) is 38.6. The fourth-order valence-corrected chi connectivity index (χ4v) is 8.24. The molecule has 3 fully saturated rings. The van der Waals surface area contributed by atoms with E-state index in [1.54, 1.807) is 12.1 Å². The zero-order chi connectivity index (χ0) is 38.3. The average Bonchev–Trinajstić information content (AvgIpc) is 3.61. The van der Waals surface area contributed by atoms with Gasteiger partial charge in [-0.05, 0) is 42.0 Å². The van der Waals surface area contributed by atoms with Crippen LogP contribution >= 0.6 is 0 Å². The number of carboxylic acids is 1. The number of aliphatic hydroxyl groups excluding tert-OH is 1. The summed E-state index contributed by atoms with van der Waals surface area (Å²) in [6.07, 6.45) is 1.52. The highest BCUT2D eigenvalue weighted by Crippen LogP contribution is 2.68. The molecule has 3 aliphatic rings. The predicted octanol–water partition coefficient (Wildman–Crippen LogP) is 7.84. The third kappa shape index (κ3) is 8.30. The Hall–Kier alpha value is -4.69. The maximum absolute atomic E-state index is 13.0. The Morgan fingerprint density at radius 1 is 0.818 bits per heavy atom. The molecule has 0 aromatic heterocycles. The number of ether oxygens (including phenoxy) is 5. The van der Waals surface area contributed by atoms with Gasteiger partial charge in [-0.3, -0.25) is 0 Å². The molecular weight excluding hydrogens is 696 g/mol. The Morgan fingerprint density at radius 3 is 1.98 bits per heavy atom. The molecular formula is C46H50O9. The van der Waals surface area contributed by atoms with Gasteiger partial charge in [-0.15, -0.1) is 0 Å². The lowest BCUT2D eigenvalue weighted by molar-refractivity contribution is -0.157. The molecule has 1 saturated heterocycles. The van der Waals surface area contributed by atoms with E-state index in [0.29, 0.717) is 25.0 Å². The number of benzene rings is 4. The van der Waals surface area contributed by atoms with E-state index in [-0.39, 0.29) is 36.7 Å². The molecule has 1 spiro atoms. The molecule has 1 aliphatic heterocycles. The van der Waals surface area contributed by atoms with E-state index in [1.807, 2.05) is 91.0 Å². The number of unbranched alkanes of at least 4 members (excludes halogenated alkanes) is 3. The SMILES string of the molecule is CCCCCC#Cc1cc(OCc2ccccc2)cc(OC2O[C@H]([C@@]3(O)C(O)C34CCCC4)[C@@H](OCc3ccccc3)[C@@H]2OCc2ccccc2)c1C(=O)O. The molecule has 6 atom stereocenters. The van der Waals surface area contributed by atoms with Gasteiger partial charge in [0.2, 0.25) is 6.29 Å². The quantitative estimate of drug-likeness (QED) is 0.0778. The predicted molar refractivity (Wildman–Crippen MR) is 206 cm³/mol. The molecule has 4 aromatic rings. The summed E-state index contributed by atoms with van der Waals surface area (Å²) < 4.78 is 32.7. The largest absolute Gasteiger partial charge is 0.489 e. The van der Waals surface area contributed by atoms with E-state index < -0.39 is 47.7 Å². The molecule has 4 aromatic carbocycles. The Morgan fingerprint density at radius 2 is 1.40 bits per heavy atom. The van der Waals surface area contributed by atoms with E-state index in [1.165, 1.54) is 0 Å². The number of aromatic carboxylic acids is 1. The first-order valence-corrected chi connectivity index (χ1v) is 19.4. The van der Waals surface area contributed by atoms with Crippen molar-refractivity contribution in [2.75, 3.05) is 0 Å². The third-order valence-corrected chi connectivity index (χ3v) is 11.2. The van der Waals surface area contributed by atoms with Crippen LogP contribution in [0.3, 0.4) is 0 Å². The summed E-state index contributed by atoms with van der Waals surface area (Å²) in [4.78, 5) is 13.0. The molecule has 0 amide bonds. The van der Waals surface area contributed by atoms with Crippen LogP contribution in [0.15, 0.2) is 103 Å². The molecule has 7 rings (SSSR count). The van der Waals surface area contributed by atoms with Gasteiger partial charge >= 0.3 is 5.97 Å². The topological polar surface area (TPSA) is 124 Å². The van der Waals surface area contributed by atoms with E-state index in [4.69, 9.17) is 23.7 Å². The van der Waals surface area contributed by atoms with Crippen molar-refractivity contribution in [1.82, 2.24) is 0 Å². The van der Waals surface area contributed by atoms with Gasteiger partial charge in [-0.1, -0.05) is 135 Å². The number of carbonyl (C=O) groups is 1. The lowest BCUT2D eigenvalue weighted by Crippen LogP contribution is -2.46. The minimum absolute atomic E-state index is 0.0180. The van der Waals surface area contributed by atoms with Gasteiger partial charge in [-0.2, -0.15) is 0 Å². The molecule has 1 heterocycles. The second kappa shape index (κ2) is 17.4. The van der Waals surface area contributed by atoms with E-state index in [0.717, 1.165) is 48.8 Å². The molecule has 2 aliphatic carbocycles. The number of hydrogen-bond acceptors (Lipinski definition) is 8. The first-order chi connectivity index (χ1) is 26.8. The van der Waals surface area contributed by atoms with Crippen LogP contribution in [0.25, 0.3) is 0 Å². The normalized spacial score (nSPS) is 25.0. The maximum atomic E-state index is 13.0. The van der Waals surface area contributed by atoms with Gasteiger partial charge in [0.1, 0.15) is 47.6 Å². The highest BCUT2D eigenvalue weighted by Gasteiger charge is 2.82. The molecule has 0 bridgehead atoms. The first-order valence-electron chi connectivity index (χ1n) is 19.4. The van der Waals surface area contributed by atoms with Crippen molar-refractivity contribution in [2.24, 2.45) is 5.41 Å². The summed E-state index contributed by atoms with van der Waals surface area (Å²) in [6.45, 7) is 2.71. The summed E-state index contributed by atoms with van der Waals surface area (Å²) in [5.74, 6) is 5.36. The summed E-state index contributed by atoms with van der Waals surface area (Å²) in [7, 11) is 0. The summed E-state index contributed by atoms with van der Waals surface area (Å²) in [6, 6.07) is 32.2. The van der Waals surface area contributed by atoms with Crippen LogP contribution in [0.4, 0.5) is 0 Å². The van der Waals surface area contributed by atoms with Crippen molar-refractivity contribution in [2.45, 2.75) is 114 Å². The molecule has 288 valence electrons. The summed E-state index contributed by atoms with van der Waals surface area (Å²) in [5.41, 5.74) is 0.497. The third-order valence-electron chi connectivity index (χ3n) is 11.2. The monoisotopic (exact) mass is 746 g/mol. The molecule has 2 unspecified atom stereocenters. The van der Waals surface area contributed by atoms with Crippen molar-refractivity contribution in [3.8, 4) is 23.3 Å². The highest BCUT2D eigenvalue weighted by molar-refractivity contribution is 5.94. The molecule has 55 heavy (non-hydrogen) atoms. The van der Waals surface area contributed by atoms with Crippen LogP contribution in [0.1, 0.15) is 90.9 Å². The molecule has 3 N–H and O–H groups in total. The second-order valence-corrected chi connectivity index (χ2v) is 14.8. The fraction of sp³-hybridized carbons (Fsp3) is 0.413. The van der Waals surface area contributed by atoms with Crippen molar-refractivity contribution >= 4 is 5.97 Å². The molecule has 2 saturated carbocycles. The van der Waals surface area contributed by atoms with Gasteiger partial charge in [0.05, 0.1) is 19.3 Å². The average molecular weight is 747 g/mol. The highest BCUT2D eigenvalue weighted by atomic mass is 16.7. The van der Waals surface area contributed by atoms with Crippen molar-refractivity contribution in [1.29, 1.82) is 0 Å². The van der Waals surface area contributed by atoms with Crippen LogP contribution < -0.4 is 9.47 Å². The Labute approximate surface area is 323 Å². The molecule has 9 nitrogen and oxygen atoms in total. The number of rotatable bonds is 16. The van der Waals surface area contributed by atoms with Crippen LogP contribution in [0.5, 0.6) is 11.5 Å². The van der Waals surface area contributed by atoms with Crippen molar-refractivity contribution in [3.63, 3.8) is 0 Å². The maximum Gasteiger partial charge on any atom is 0.340 e. The molecule has 9 heteroatoms. The molecule has 0 radical (unpaired) electrons. The number of aliphatic hydroxyl groups is 2. The van der Waals surface area contributed by atoms with Crippen LogP contribution in [0.2, 0.25) is 0 Å². The van der Waals surface area contributed by atoms with Crippen molar-refractivity contribution < 1.29 is 43.8 Å². The van der Waals surface area contributed by atoms with E-state index in [9.17, 15) is 20.1 Å². The van der Waals surface area contributed by atoms with Crippen LogP contribution in [-0.2, 0) is 34.0 Å². The minimum atomic E-state index is -1.62. The van der Waals surface area contributed by atoms with E-state index in [2.05, 4.69) is 18.8 Å². The fourth-order valence-electron chi connectivity index (χ4n) is 8.24. The Balaban J connectivity index is 1.27. The zero-order valence-electron chi connectivity index (χ0n) is 31.3. The second-order valence-electron chi connectivity index (χ2n) is 14.8. The Kier molecular flexibility index (Phi) is 12.2. The number of carboxylic acid groups (broad SMARTS) is 1. The van der Waals surface area contributed by atoms with Crippen molar-refractivity contribution in [3.05, 3.63) is 131 Å². The lowest BCUT2D eigenvalue weighted by Gasteiger charge is -2.28. The van der Waals surface area contributed by atoms with E-state index >= 15 is 0 Å². The van der Waals surface area contributed by atoms with Gasteiger partial charge in [0.25, 0.3) is 0 Å². The summed E-state index contributed by atoms with van der Waals surface area (Å²) in [5, 5.41) is 34.5. The Bertz CT molecular complexity index is 1930. The minimum Gasteiger partial charge on any atom is -0.489 e. The van der Waals surface area contributed by atoms with Crippen LogP contribution in [0, 0.1) is 17.3 Å². The zero-order valence-corrected chi connectivity index (χ0v) is 31.3. The smallest absolute Gasteiger partial charge is 0.340 e.